The standard InChI is InChI=1S/C33H70O3Si4/c1-10-38(11-2,12-3)31(25-19-22-28-34-31)37(32(26-20-23-29-35-32)39(13-4,14-5)15-6)33(27-21-24-30-36-33)40(16-7,17-8)18-9/h37H,10-30H2,1-9H3. The summed E-state index contributed by atoms with van der Waals surface area (Å²) in [5, 5.41) is 0. The van der Waals surface area contributed by atoms with Gasteiger partial charge in [0.1, 0.15) is 8.80 Å². The van der Waals surface area contributed by atoms with Crippen LogP contribution in [0, 0.1) is 0 Å². The van der Waals surface area contributed by atoms with Gasteiger partial charge in [-0.05, 0) is 57.8 Å². The van der Waals surface area contributed by atoms with Gasteiger partial charge in [-0.1, -0.05) is 117 Å². The second kappa shape index (κ2) is 14.7. The van der Waals surface area contributed by atoms with Crippen LogP contribution in [0.4, 0.5) is 0 Å². The third-order valence-corrected chi connectivity index (χ3v) is 45.1. The van der Waals surface area contributed by atoms with Gasteiger partial charge in [0.15, 0.2) is 0 Å². The molecule has 3 aliphatic heterocycles. The molecule has 3 atom stereocenters. The molecule has 3 rings (SSSR count). The van der Waals surface area contributed by atoms with Crippen LogP contribution in [0.2, 0.25) is 54.4 Å². The zero-order chi connectivity index (χ0) is 29.5. The molecule has 0 saturated carbocycles. The molecule has 0 radical (unpaired) electrons. The lowest BCUT2D eigenvalue weighted by atomic mass is 10.2. The molecule has 0 aliphatic carbocycles. The minimum Gasteiger partial charge on any atom is -0.382 e. The Morgan fingerprint density at radius 1 is 0.400 bits per heavy atom. The van der Waals surface area contributed by atoms with E-state index in [4.69, 9.17) is 14.2 Å². The Kier molecular flexibility index (Phi) is 12.9. The largest absolute Gasteiger partial charge is 0.382 e. The third kappa shape index (κ3) is 5.23. The Bertz CT molecular complexity index is 620. The molecule has 3 fully saturated rings. The summed E-state index contributed by atoms with van der Waals surface area (Å²) in [7, 11) is -7.31. The quantitative estimate of drug-likeness (QED) is 0.169. The molecule has 0 amide bonds. The van der Waals surface area contributed by atoms with Crippen molar-refractivity contribution in [1.82, 2.24) is 0 Å². The molecule has 0 N–H and O–H groups in total. The van der Waals surface area contributed by atoms with Crippen LogP contribution in [0.3, 0.4) is 0 Å². The molecule has 0 bridgehead atoms. The van der Waals surface area contributed by atoms with Crippen molar-refractivity contribution in [2.24, 2.45) is 0 Å². The molecular weight excluding hydrogens is 557 g/mol. The van der Waals surface area contributed by atoms with Crippen LogP contribution in [0.25, 0.3) is 0 Å². The molecular formula is C33H70O3Si4. The molecule has 3 unspecified atom stereocenters. The predicted molar refractivity (Wildman–Crippen MR) is 186 cm³/mol. The second-order valence-electron chi connectivity index (χ2n) is 14.0. The summed E-state index contributed by atoms with van der Waals surface area (Å²) in [5.74, 6) is 0. The van der Waals surface area contributed by atoms with Gasteiger partial charge < -0.3 is 14.2 Å². The van der Waals surface area contributed by atoms with E-state index >= 15 is 0 Å². The van der Waals surface area contributed by atoms with Crippen molar-refractivity contribution in [3.8, 4) is 0 Å². The zero-order valence-corrected chi connectivity index (χ0v) is 32.8. The smallest absolute Gasteiger partial charge is 0.137 e. The predicted octanol–water partition coefficient (Wildman–Crippen LogP) is 9.79. The van der Waals surface area contributed by atoms with E-state index in [9.17, 15) is 0 Å². The highest BCUT2D eigenvalue weighted by Gasteiger charge is 2.76. The first-order valence-electron chi connectivity index (χ1n) is 18.2. The van der Waals surface area contributed by atoms with Crippen LogP contribution in [-0.2, 0) is 14.2 Å². The van der Waals surface area contributed by atoms with Gasteiger partial charge in [-0.25, -0.2) is 0 Å². The molecule has 3 aliphatic rings. The van der Waals surface area contributed by atoms with E-state index in [2.05, 4.69) is 62.3 Å². The highest BCUT2D eigenvalue weighted by atomic mass is 28.4. The fourth-order valence-corrected chi connectivity index (χ4v) is 47.6. The fourth-order valence-electron chi connectivity index (χ4n) is 11.4. The lowest BCUT2D eigenvalue weighted by Crippen LogP contribution is -2.90. The Morgan fingerprint density at radius 2 is 0.625 bits per heavy atom. The average molecular weight is 627 g/mol. The third-order valence-electron chi connectivity index (χ3n) is 14.1. The fraction of sp³-hybridized carbons (Fsp3) is 1.00. The molecule has 3 heterocycles. The van der Waals surface area contributed by atoms with Crippen molar-refractivity contribution in [3.63, 3.8) is 0 Å². The normalized spacial score (nSPS) is 31.7. The van der Waals surface area contributed by atoms with Gasteiger partial charge >= 0.3 is 0 Å². The first-order chi connectivity index (χ1) is 19.3. The van der Waals surface area contributed by atoms with Crippen LogP contribution in [0.5, 0.6) is 0 Å². The van der Waals surface area contributed by atoms with Crippen molar-refractivity contribution in [2.45, 2.75) is 189 Å². The van der Waals surface area contributed by atoms with Gasteiger partial charge in [0, 0.05) is 19.8 Å². The van der Waals surface area contributed by atoms with Crippen LogP contribution in [0.1, 0.15) is 120 Å². The summed E-state index contributed by atoms with van der Waals surface area (Å²) in [6.45, 7) is 26.1. The van der Waals surface area contributed by atoms with E-state index in [0.717, 1.165) is 19.8 Å². The minimum atomic E-state index is -1.90. The lowest BCUT2D eigenvalue weighted by molar-refractivity contribution is -0.0408. The van der Waals surface area contributed by atoms with E-state index in [-0.39, 0.29) is 14.5 Å². The summed E-state index contributed by atoms with van der Waals surface area (Å²) in [6.07, 6.45) is 11.8. The average Bonchev–Trinajstić information content (AvgIpc) is 3.02. The summed E-state index contributed by atoms with van der Waals surface area (Å²) in [6, 6.07) is 12.3. The molecule has 0 aromatic carbocycles. The van der Waals surface area contributed by atoms with Gasteiger partial charge in [-0.15, -0.1) is 0 Å². The highest BCUT2D eigenvalue weighted by Crippen LogP contribution is 2.59. The highest BCUT2D eigenvalue weighted by molar-refractivity contribution is 7.09. The van der Waals surface area contributed by atoms with Crippen molar-refractivity contribution in [3.05, 3.63) is 0 Å². The van der Waals surface area contributed by atoms with Crippen molar-refractivity contribution in [2.75, 3.05) is 19.8 Å². The lowest BCUT2D eigenvalue weighted by Gasteiger charge is -2.70. The van der Waals surface area contributed by atoms with Crippen LogP contribution in [-0.4, -0.2) is 67.4 Å². The van der Waals surface area contributed by atoms with Gasteiger partial charge in [0.25, 0.3) is 0 Å². The Morgan fingerprint density at radius 3 is 0.775 bits per heavy atom. The van der Waals surface area contributed by atoms with Crippen LogP contribution >= 0.6 is 0 Å². The molecule has 0 aromatic heterocycles. The molecule has 236 valence electrons. The second-order valence-corrected chi connectivity index (χ2v) is 36.0. The Labute approximate surface area is 255 Å². The topological polar surface area (TPSA) is 27.7 Å². The van der Waals surface area contributed by atoms with Gasteiger partial charge in [0.2, 0.25) is 0 Å². The zero-order valence-electron chi connectivity index (χ0n) is 28.7. The van der Waals surface area contributed by atoms with E-state index in [1.54, 1.807) is 0 Å². The van der Waals surface area contributed by atoms with E-state index in [1.165, 1.54) is 112 Å². The van der Waals surface area contributed by atoms with Crippen molar-refractivity contribution >= 4 is 33.0 Å². The molecule has 3 nitrogen and oxygen atoms in total. The maximum Gasteiger partial charge on any atom is 0.137 e. The Balaban J connectivity index is 2.58. The number of ether oxygens (including phenoxy) is 3. The van der Waals surface area contributed by atoms with Gasteiger partial charge in [-0.2, -0.15) is 0 Å². The van der Waals surface area contributed by atoms with E-state index in [0.29, 0.717) is 0 Å². The SMILES string of the molecule is CC[Si](CC)(CC)C1([SiH](C2([Si](CC)(CC)CC)CCCCO2)C2([Si](CC)(CC)CC)CCCCO2)CCCCO1. The maximum absolute atomic E-state index is 7.79. The number of hydrogen-bond acceptors (Lipinski definition) is 3. The van der Waals surface area contributed by atoms with Gasteiger partial charge in [-0.3, -0.25) is 0 Å². The Hall–Kier alpha value is 0.748. The minimum absolute atomic E-state index is 0.105. The summed E-state index contributed by atoms with van der Waals surface area (Å²) >= 11 is 0. The number of hydrogen-bond donors (Lipinski definition) is 0. The molecule has 3 saturated heterocycles. The molecule has 0 spiro atoms. The van der Waals surface area contributed by atoms with Crippen LogP contribution < -0.4 is 0 Å². The van der Waals surface area contributed by atoms with Crippen molar-refractivity contribution < 1.29 is 14.2 Å². The summed E-state index contributed by atoms with van der Waals surface area (Å²) in [5.41, 5.74) is 0. The molecule has 0 aromatic rings. The molecule has 40 heavy (non-hydrogen) atoms. The monoisotopic (exact) mass is 626 g/mol. The van der Waals surface area contributed by atoms with Crippen molar-refractivity contribution in [1.29, 1.82) is 0 Å². The van der Waals surface area contributed by atoms with E-state index in [1.807, 2.05) is 0 Å². The van der Waals surface area contributed by atoms with Gasteiger partial charge in [0.05, 0.1) is 38.8 Å². The summed E-state index contributed by atoms with van der Waals surface area (Å²) < 4.78 is 23.4. The first-order valence-corrected chi connectivity index (χ1v) is 27.8. The van der Waals surface area contributed by atoms with E-state index < -0.39 is 33.0 Å². The maximum atomic E-state index is 7.79. The molecule has 7 heteroatoms. The first kappa shape index (κ1) is 35.2. The summed E-state index contributed by atoms with van der Waals surface area (Å²) in [4.78, 5) is 0.315. The van der Waals surface area contributed by atoms with Crippen LogP contribution in [0.15, 0.2) is 0 Å². The number of rotatable bonds is 15.